The number of amides is 1. The molecule has 1 heterocycles. The highest BCUT2D eigenvalue weighted by atomic mass is 79.9. The number of rotatable bonds is 8. The molecule has 7 heteroatoms. The van der Waals surface area contributed by atoms with Gasteiger partial charge in [0.1, 0.15) is 5.37 Å². The summed E-state index contributed by atoms with van der Waals surface area (Å²) in [6, 6.07) is 3.89. The van der Waals surface area contributed by atoms with E-state index < -0.39 is 0 Å². The Morgan fingerprint density at radius 2 is 1.88 bits per heavy atom. The summed E-state index contributed by atoms with van der Waals surface area (Å²) in [4.78, 5) is 16.9. The largest absolute Gasteiger partial charge is 0.493 e. The summed E-state index contributed by atoms with van der Waals surface area (Å²) < 4.78 is 11.8. The third-order valence-electron chi connectivity index (χ3n) is 4.52. The monoisotopic (exact) mass is 430 g/mol. The maximum atomic E-state index is 12.6. The van der Waals surface area contributed by atoms with Gasteiger partial charge in [-0.2, -0.15) is 0 Å². The molecular weight excluding hydrogens is 404 g/mol. The molecule has 0 aromatic heterocycles. The van der Waals surface area contributed by atoms with Gasteiger partial charge in [-0.25, -0.2) is 0 Å². The molecule has 1 atom stereocenters. The number of carbonyl (C=O) groups is 1. The van der Waals surface area contributed by atoms with Crippen molar-refractivity contribution in [2.45, 2.75) is 25.6 Å². The van der Waals surface area contributed by atoms with E-state index in [9.17, 15) is 4.79 Å². The molecule has 1 aromatic carbocycles. The van der Waals surface area contributed by atoms with Crippen molar-refractivity contribution < 1.29 is 14.3 Å². The van der Waals surface area contributed by atoms with Crippen molar-refractivity contribution in [2.24, 2.45) is 0 Å². The van der Waals surface area contributed by atoms with Gasteiger partial charge in [-0.15, -0.1) is 11.8 Å². The number of benzene rings is 1. The van der Waals surface area contributed by atoms with Crippen LogP contribution >= 0.6 is 27.7 Å². The molecule has 0 saturated carbocycles. The molecule has 140 valence electrons. The average molecular weight is 431 g/mol. The Morgan fingerprint density at radius 1 is 1.24 bits per heavy atom. The smallest absolute Gasteiger partial charge is 0.224 e. The van der Waals surface area contributed by atoms with Gasteiger partial charge in [0.2, 0.25) is 5.91 Å². The molecule has 1 unspecified atom stereocenters. The molecule has 1 fully saturated rings. The van der Waals surface area contributed by atoms with Crippen LogP contribution in [0.4, 0.5) is 0 Å². The molecule has 1 aliphatic rings. The minimum atomic E-state index is -0.00834. The van der Waals surface area contributed by atoms with Crippen LogP contribution in [0.25, 0.3) is 0 Å². The number of carbonyl (C=O) groups excluding carboxylic acids is 1. The number of hydrogen-bond donors (Lipinski definition) is 0. The van der Waals surface area contributed by atoms with E-state index in [1.807, 2.05) is 17.0 Å². The van der Waals surface area contributed by atoms with E-state index in [1.165, 1.54) is 0 Å². The van der Waals surface area contributed by atoms with Gasteiger partial charge < -0.3 is 19.3 Å². The summed E-state index contributed by atoms with van der Waals surface area (Å²) in [5.74, 6) is 2.42. The van der Waals surface area contributed by atoms with E-state index in [-0.39, 0.29) is 11.3 Å². The molecule has 0 bridgehead atoms. The van der Waals surface area contributed by atoms with Crippen LogP contribution in [-0.2, 0) is 4.79 Å². The number of thioether (sulfide) groups is 1. The van der Waals surface area contributed by atoms with Crippen molar-refractivity contribution in [2.75, 3.05) is 46.2 Å². The predicted molar refractivity (Wildman–Crippen MR) is 107 cm³/mol. The summed E-state index contributed by atoms with van der Waals surface area (Å²) in [7, 11) is 3.26. The van der Waals surface area contributed by atoms with Crippen molar-refractivity contribution in [3.8, 4) is 11.5 Å². The van der Waals surface area contributed by atoms with Crippen LogP contribution in [0.2, 0.25) is 0 Å². The Labute approximate surface area is 163 Å². The maximum Gasteiger partial charge on any atom is 0.224 e. The van der Waals surface area contributed by atoms with Gasteiger partial charge in [-0.05, 0) is 25.2 Å². The van der Waals surface area contributed by atoms with Gasteiger partial charge in [0.05, 0.1) is 14.2 Å². The van der Waals surface area contributed by atoms with Crippen LogP contribution in [0.5, 0.6) is 11.5 Å². The maximum absolute atomic E-state index is 12.6. The van der Waals surface area contributed by atoms with Crippen LogP contribution < -0.4 is 9.47 Å². The first kappa shape index (κ1) is 20.4. The summed E-state index contributed by atoms with van der Waals surface area (Å²) in [5.41, 5.74) is 1.05. The lowest BCUT2D eigenvalue weighted by molar-refractivity contribution is -0.132. The van der Waals surface area contributed by atoms with Crippen LogP contribution in [0.15, 0.2) is 16.6 Å². The molecule has 1 amide bonds. The fourth-order valence-corrected chi connectivity index (χ4v) is 4.95. The molecule has 5 nitrogen and oxygen atoms in total. The standard InChI is InChI=1S/C18H27BrN2O3S/c1-5-20(6-2)8-9-21-17(22)7-10-25-18(21)13-11-15(23-3)16(24-4)12-14(13)19/h11-12,18H,5-10H2,1-4H3. The molecule has 1 aliphatic heterocycles. The van der Waals surface area contributed by atoms with Crippen LogP contribution in [-0.4, -0.2) is 61.9 Å². The molecular formula is C18H27BrN2O3S. The highest BCUT2D eigenvalue weighted by molar-refractivity contribution is 9.10. The Balaban J connectivity index is 2.29. The van der Waals surface area contributed by atoms with Crippen LogP contribution in [0.3, 0.4) is 0 Å². The quantitative estimate of drug-likeness (QED) is 0.627. The number of methoxy groups -OCH3 is 2. The molecule has 0 N–H and O–H groups in total. The van der Waals surface area contributed by atoms with Gasteiger partial charge in [0, 0.05) is 35.3 Å². The number of nitrogens with zero attached hydrogens (tertiary/aromatic N) is 2. The summed E-state index contributed by atoms with van der Waals surface area (Å²) in [6.45, 7) is 7.92. The van der Waals surface area contributed by atoms with Gasteiger partial charge in [0.25, 0.3) is 0 Å². The SMILES string of the molecule is CCN(CC)CCN1C(=O)CCSC1c1cc(OC)c(OC)cc1Br. The minimum absolute atomic E-state index is 0.00834. The zero-order valence-electron chi connectivity index (χ0n) is 15.4. The van der Waals surface area contributed by atoms with Gasteiger partial charge in [-0.1, -0.05) is 29.8 Å². The number of likely N-dealkylation sites (N-methyl/N-ethyl adjacent to an activating group) is 1. The fraction of sp³-hybridized carbons (Fsp3) is 0.611. The Bertz CT molecular complexity index is 596. The van der Waals surface area contributed by atoms with E-state index in [0.29, 0.717) is 17.9 Å². The van der Waals surface area contributed by atoms with Gasteiger partial charge >= 0.3 is 0 Å². The summed E-state index contributed by atoms with van der Waals surface area (Å²) in [5, 5.41) is -0.00834. The fourth-order valence-electron chi connectivity index (χ4n) is 2.97. The third kappa shape index (κ3) is 4.83. The number of halogens is 1. The molecule has 0 aliphatic carbocycles. The second-order valence-electron chi connectivity index (χ2n) is 5.82. The Kier molecular flexibility index (Phi) is 7.90. The van der Waals surface area contributed by atoms with Crippen LogP contribution in [0.1, 0.15) is 31.2 Å². The summed E-state index contributed by atoms with van der Waals surface area (Å²) in [6.07, 6.45) is 0.602. The number of hydrogen-bond acceptors (Lipinski definition) is 5. The van der Waals surface area contributed by atoms with E-state index >= 15 is 0 Å². The van der Waals surface area contributed by atoms with Crippen molar-refractivity contribution in [1.82, 2.24) is 9.80 Å². The van der Waals surface area contributed by atoms with E-state index in [0.717, 1.165) is 42.0 Å². The van der Waals surface area contributed by atoms with E-state index in [1.54, 1.807) is 26.0 Å². The lowest BCUT2D eigenvalue weighted by Crippen LogP contribution is -2.42. The lowest BCUT2D eigenvalue weighted by atomic mass is 10.1. The lowest BCUT2D eigenvalue weighted by Gasteiger charge is -2.37. The molecule has 25 heavy (non-hydrogen) atoms. The molecule has 1 aromatic rings. The predicted octanol–water partition coefficient (Wildman–Crippen LogP) is 3.77. The first-order valence-corrected chi connectivity index (χ1v) is 10.4. The molecule has 2 rings (SSSR count). The second-order valence-corrected chi connectivity index (χ2v) is 7.86. The molecule has 0 radical (unpaired) electrons. The Morgan fingerprint density at radius 3 is 2.48 bits per heavy atom. The highest BCUT2D eigenvalue weighted by Gasteiger charge is 2.31. The third-order valence-corrected chi connectivity index (χ3v) is 6.47. The summed E-state index contributed by atoms with van der Waals surface area (Å²) >= 11 is 5.45. The molecule has 0 spiro atoms. The Hall–Kier alpha value is -0.920. The minimum Gasteiger partial charge on any atom is -0.493 e. The van der Waals surface area contributed by atoms with Gasteiger partial charge in [-0.3, -0.25) is 4.79 Å². The van der Waals surface area contributed by atoms with Crippen molar-refractivity contribution in [1.29, 1.82) is 0 Å². The zero-order valence-corrected chi connectivity index (χ0v) is 17.8. The van der Waals surface area contributed by atoms with Gasteiger partial charge in [0.15, 0.2) is 11.5 Å². The first-order chi connectivity index (χ1) is 12.0. The number of ether oxygens (including phenoxy) is 2. The topological polar surface area (TPSA) is 42.0 Å². The van der Waals surface area contributed by atoms with E-state index in [2.05, 4.69) is 34.7 Å². The van der Waals surface area contributed by atoms with Crippen LogP contribution in [0, 0.1) is 0 Å². The normalized spacial score (nSPS) is 17.9. The van der Waals surface area contributed by atoms with Crippen molar-refractivity contribution >= 4 is 33.6 Å². The second kappa shape index (κ2) is 9.69. The average Bonchev–Trinajstić information content (AvgIpc) is 2.63. The molecule has 1 saturated heterocycles. The van der Waals surface area contributed by atoms with E-state index in [4.69, 9.17) is 9.47 Å². The van der Waals surface area contributed by atoms with Crippen molar-refractivity contribution in [3.63, 3.8) is 0 Å². The van der Waals surface area contributed by atoms with Crippen molar-refractivity contribution in [3.05, 3.63) is 22.2 Å². The zero-order chi connectivity index (χ0) is 18.4. The highest BCUT2D eigenvalue weighted by Crippen LogP contribution is 2.44. The first-order valence-electron chi connectivity index (χ1n) is 8.60.